The number of ether oxygens (including phenoxy) is 2. The lowest BCUT2D eigenvalue weighted by molar-refractivity contribution is -0.138. The number of nitrogens with one attached hydrogen (secondary N) is 2. The molecular formula is C23H25N3O6. The molecule has 32 heavy (non-hydrogen) atoms. The Bertz CT molecular complexity index is 991. The Labute approximate surface area is 185 Å². The number of carbonyl (C=O) groups is 3. The van der Waals surface area contributed by atoms with Gasteiger partial charge in [0.2, 0.25) is 12.0 Å². The molecule has 3 atom stereocenters. The summed E-state index contributed by atoms with van der Waals surface area (Å²) in [6.07, 6.45) is -1.07. The molecule has 0 spiro atoms. The van der Waals surface area contributed by atoms with Crippen molar-refractivity contribution in [3.8, 4) is 11.1 Å². The zero-order chi connectivity index (χ0) is 23.1. The second-order valence-corrected chi connectivity index (χ2v) is 7.30. The standard InChI is InChI=1S/C23H25N3O6/c1-14(27)26-20-18(24)13-19(32-23(29)30)31-21(20)22(28)25-12-11-15-7-9-17(10-8-15)16-5-3-2-4-6-16/h2-10,13,18,20-21H,11-12,24H2,1H3,(H,25,28)(H,26,27)(H,29,30)/t18-,20+,21+/m0/s1. The van der Waals surface area contributed by atoms with E-state index in [1.165, 1.54) is 13.0 Å². The van der Waals surface area contributed by atoms with Crippen LogP contribution in [-0.2, 0) is 25.5 Å². The molecule has 0 bridgehead atoms. The Morgan fingerprint density at radius 3 is 2.34 bits per heavy atom. The highest BCUT2D eigenvalue weighted by Crippen LogP contribution is 2.20. The molecule has 0 radical (unpaired) electrons. The van der Waals surface area contributed by atoms with E-state index in [1.54, 1.807) is 0 Å². The summed E-state index contributed by atoms with van der Waals surface area (Å²) in [5.41, 5.74) is 9.22. The lowest BCUT2D eigenvalue weighted by atomic mass is 9.99. The lowest BCUT2D eigenvalue weighted by Gasteiger charge is -2.34. The van der Waals surface area contributed by atoms with Gasteiger partial charge in [0.1, 0.15) is 0 Å². The summed E-state index contributed by atoms with van der Waals surface area (Å²) in [5, 5.41) is 14.1. The summed E-state index contributed by atoms with van der Waals surface area (Å²) >= 11 is 0. The monoisotopic (exact) mass is 439 g/mol. The number of carboxylic acid groups (broad SMARTS) is 1. The minimum atomic E-state index is -1.60. The molecule has 0 saturated carbocycles. The van der Waals surface area contributed by atoms with Crippen LogP contribution >= 0.6 is 0 Å². The highest BCUT2D eigenvalue weighted by molar-refractivity contribution is 5.83. The average molecular weight is 439 g/mol. The minimum absolute atomic E-state index is 0.310. The fourth-order valence-electron chi connectivity index (χ4n) is 3.39. The second kappa shape index (κ2) is 10.5. The van der Waals surface area contributed by atoms with E-state index in [9.17, 15) is 14.4 Å². The number of amides is 2. The summed E-state index contributed by atoms with van der Waals surface area (Å²) in [4.78, 5) is 35.0. The van der Waals surface area contributed by atoms with Crippen LogP contribution in [0.4, 0.5) is 4.79 Å². The Morgan fingerprint density at radius 2 is 1.72 bits per heavy atom. The van der Waals surface area contributed by atoms with Gasteiger partial charge in [-0.1, -0.05) is 54.6 Å². The molecule has 9 nitrogen and oxygen atoms in total. The maximum absolute atomic E-state index is 12.7. The van der Waals surface area contributed by atoms with Crippen LogP contribution in [-0.4, -0.2) is 47.8 Å². The summed E-state index contributed by atoms with van der Waals surface area (Å²) < 4.78 is 9.86. The number of rotatable bonds is 7. The molecule has 9 heteroatoms. The first-order chi connectivity index (χ1) is 15.3. The van der Waals surface area contributed by atoms with Crippen LogP contribution in [0, 0.1) is 0 Å². The molecule has 0 aliphatic carbocycles. The van der Waals surface area contributed by atoms with Gasteiger partial charge in [-0.3, -0.25) is 9.59 Å². The van der Waals surface area contributed by atoms with Crippen LogP contribution in [0.2, 0.25) is 0 Å². The Kier molecular flexibility index (Phi) is 7.45. The third-order valence-corrected chi connectivity index (χ3v) is 4.90. The van der Waals surface area contributed by atoms with Gasteiger partial charge >= 0.3 is 6.16 Å². The smallest absolute Gasteiger partial charge is 0.449 e. The van der Waals surface area contributed by atoms with Gasteiger partial charge in [0.25, 0.3) is 11.9 Å². The molecule has 0 unspecified atom stereocenters. The molecule has 1 heterocycles. The van der Waals surface area contributed by atoms with Crippen LogP contribution in [0.1, 0.15) is 12.5 Å². The topological polar surface area (TPSA) is 140 Å². The van der Waals surface area contributed by atoms with Crippen molar-refractivity contribution in [2.24, 2.45) is 5.73 Å². The number of nitrogens with two attached hydrogens (primary N) is 1. The molecule has 2 amide bonds. The molecular weight excluding hydrogens is 414 g/mol. The fraction of sp³-hybridized carbons (Fsp3) is 0.261. The quantitative estimate of drug-likeness (QED) is 0.482. The van der Waals surface area contributed by atoms with E-state index in [0.717, 1.165) is 16.7 Å². The highest BCUT2D eigenvalue weighted by atomic mass is 16.7. The van der Waals surface area contributed by atoms with Crippen molar-refractivity contribution in [3.63, 3.8) is 0 Å². The summed E-state index contributed by atoms with van der Waals surface area (Å²) in [6.45, 7) is 1.60. The Morgan fingerprint density at radius 1 is 1.06 bits per heavy atom. The zero-order valence-electron chi connectivity index (χ0n) is 17.5. The van der Waals surface area contributed by atoms with Gasteiger partial charge < -0.3 is 30.9 Å². The van der Waals surface area contributed by atoms with Gasteiger partial charge in [-0.05, 0) is 23.1 Å². The maximum Gasteiger partial charge on any atom is 0.513 e. The van der Waals surface area contributed by atoms with Crippen LogP contribution in [0.15, 0.2) is 66.6 Å². The SMILES string of the molecule is CC(=O)N[C@@H]1[C@@H](N)C=C(OC(=O)O)O[C@H]1C(=O)NCCc1ccc(-c2ccccc2)cc1. The normalized spacial score (nSPS) is 19.8. The molecule has 1 aliphatic rings. The highest BCUT2D eigenvalue weighted by Gasteiger charge is 2.39. The number of hydrogen-bond acceptors (Lipinski definition) is 6. The Balaban J connectivity index is 1.60. The molecule has 1 aliphatic heterocycles. The van der Waals surface area contributed by atoms with E-state index < -0.39 is 42.1 Å². The van der Waals surface area contributed by atoms with Crippen LogP contribution < -0.4 is 16.4 Å². The zero-order valence-corrected chi connectivity index (χ0v) is 17.5. The first kappa shape index (κ1) is 22.8. The molecule has 0 fully saturated rings. The van der Waals surface area contributed by atoms with Crippen molar-refractivity contribution in [1.82, 2.24) is 10.6 Å². The third-order valence-electron chi connectivity index (χ3n) is 4.90. The van der Waals surface area contributed by atoms with Crippen molar-refractivity contribution in [3.05, 3.63) is 72.2 Å². The number of hydrogen-bond donors (Lipinski definition) is 4. The molecule has 5 N–H and O–H groups in total. The van der Waals surface area contributed by atoms with Crippen molar-refractivity contribution >= 4 is 18.0 Å². The van der Waals surface area contributed by atoms with Crippen molar-refractivity contribution < 1.29 is 29.0 Å². The van der Waals surface area contributed by atoms with Gasteiger partial charge in [0, 0.05) is 19.5 Å². The van der Waals surface area contributed by atoms with E-state index >= 15 is 0 Å². The first-order valence-corrected chi connectivity index (χ1v) is 10.1. The second-order valence-electron chi connectivity index (χ2n) is 7.30. The molecule has 0 aromatic heterocycles. The van der Waals surface area contributed by atoms with E-state index in [2.05, 4.69) is 15.4 Å². The van der Waals surface area contributed by atoms with Gasteiger partial charge in [-0.2, -0.15) is 0 Å². The summed E-state index contributed by atoms with van der Waals surface area (Å²) in [5.74, 6) is -1.34. The molecule has 168 valence electrons. The first-order valence-electron chi connectivity index (χ1n) is 10.1. The van der Waals surface area contributed by atoms with Crippen LogP contribution in [0.25, 0.3) is 11.1 Å². The average Bonchev–Trinajstić information content (AvgIpc) is 2.76. The maximum atomic E-state index is 12.7. The minimum Gasteiger partial charge on any atom is -0.449 e. The largest absolute Gasteiger partial charge is 0.513 e. The van der Waals surface area contributed by atoms with Gasteiger partial charge in [-0.15, -0.1) is 0 Å². The fourth-order valence-corrected chi connectivity index (χ4v) is 3.39. The predicted molar refractivity (Wildman–Crippen MR) is 116 cm³/mol. The Hall–Kier alpha value is -3.85. The van der Waals surface area contributed by atoms with Crippen molar-refractivity contribution in [1.29, 1.82) is 0 Å². The molecule has 2 aromatic carbocycles. The molecule has 3 rings (SSSR count). The van der Waals surface area contributed by atoms with E-state index in [4.69, 9.17) is 15.6 Å². The summed E-state index contributed by atoms with van der Waals surface area (Å²) in [6, 6.07) is 16.3. The van der Waals surface area contributed by atoms with Crippen molar-refractivity contribution in [2.75, 3.05) is 6.54 Å². The number of carbonyl (C=O) groups excluding carboxylic acids is 2. The van der Waals surface area contributed by atoms with E-state index in [0.29, 0.717) is 13.0 Å². The van der Waals surface area contributed by atoms with Gasteiger partial charge in [-0.25, -0.2) is 4.79 Å². The van der Waals surface area contributed by atoms with E-state index in [-0.39, 0.29) is 0 Å². The van der Waals surface area contributed by atoms with Crippen LogP contribution in [0.5, 0.6) is 0 Å². The van der Waals surface area contributed by atoms with Crippen LogP contribution in [0.3, 0.4) is 0 Å². The van der Waals surface area contributed by atoms with Gasteiger partial charge in [0.05, 0.1) is 12.1 Å². The molecule has 2 aromatic rings. The number of benzene rings is 2. The van der Waals surface area contributed by atoms with E-state index in [1.807, 2.05) is 54.6 Å². The molecule has 0 saturated heterocycles. The van der Waals surface area contributed by atoms with Crippen molar-refractivity contribution in [2.45, 2.75) is 31.5 Å². The summed E-state index contributed by atoms with van der Waals surface area (Å²) in [7, 11) is 0. The third kappa shape index (κ3) is 6.08. The predicted octanol–water partition coefficient (Wildman–Crippen LogP) is 1.78. The lowest BCUT2D eigenvalue weighted by Crippen LogP contribution is -2.60. The van der Waals surface area contributed by atoms with Gasteiger partial charge in [0.15, 0.2) is 0 Å².